The van der Waals surface area contributed by atoms with Gasteiger partial charge in [0.2, 0.25) is 5.91 Å². The van der Waals surface area contributed by atoms with Gasteiger partial charge in [0.15, 0.2) is 0 Å². The van der Waals surface area contributed by atoms with Gasteiger partial charge in [0, 0.05) is 19.1 Å². The van der Waals surface area contributed by atoms with Gasteiger partial charge in [-0.3, -0.25) is 14.5 Å². The Hall–Kier alpha value is -1.14. The van der Waals surface area contributed by atoms with Crippen LogP contribution >= 0.6 is 0 Å². The van der Waals surface area contributed by atoms with Crippen molar-refractivity contribution in [1.82, 2.24) is 9.80 Å². The van der Waals surface area contributed by atoms with Crippen molar-refractivity contribution in [2.24, 2.45) is 5.92 Å². The molecule has 18 heavy (non-hydrogen) atoms. The number of carboxylic acid groups (broad SMARTS) is 1. The first-order valence-corrected chi connectivity index (χ1v) is 6.42. The molecule has 0 aliphatic carbocycles. The molecule has 0 saturated carbocycles. The van der Waals surface area contributed by atoms with Crippen LogP contribution in [0, 0.1) is 5.92 Å². The van der Waals surface area contributed by atoms with Crippen molar-refractivity contribution in [3.05, 3.63) is 0 Å². The zero-order valence-electron chi connectivity index (χ0n) is 10.7. The molecule has 2 atom stereocenters. The van der Waals surface area contributed by atoms with Crippen molar-refractivity contribution in [3.63, 3.8) is 0 Å². The van der Waals surface area contributed by atoms with E-state index in [0.717, 1.165) is 0 Å². The van der Waals surface area contributed by atoms with E-state index in [-0.39, 0.29) is 17.9 Å². The number of morpholine rings is 1. The first kappa shape index (κ1) is 13.3. The van der Waals surface area contributed by atoms with Gasteiger partial charge in [0.05, 0.1) is 25.7 Å². The predicted molar refractivity (Wildman–Crippen MR) is 64.2 cm³/mol. The van der Waals surface area contributed by atoms with Crippen LogP contribution in [0.4, 0.5) is 0 Å². The third kappa shape index (κ3) is 2.81. The van der Waals surface area contributed by atoms with E-state index in [9.17, 15) is 9.59 Å². The minimum absolute atomic E-state index is 0.0625. The van der Waals surface area contributed by atoms with Gasteiger partial charge in [-0.05, 0) is 19.9 Å². The number of hydrogen-bond donors (Lipinski definition) is 1. The summed E-state index contributed by atoms with van der Waals surface area (Å²) in [5, 5.41) is 9.05. The van der Waals surface area contributed by atoms with Crippen LogP contribution in [0.15, 0.2) is 0 Å². The van der Waals surface area contributed by atoms with Crippen molar-refractivity contribution in [3.8, 4) is 0 Å². The van der Waals surface area contributed by atoms with Gasteiger partial charge >= 0.3 is 5.97 Å². The summed E-state index contributed by atoms with van der Waals surface area (Å²) in [5.41, 5.74) is 0. The zero-order chi connectivity index (χ0) is 13.1. The summed E-state index contributed by atoms with van der Waals surface area (Å²) in [6, 6.07) is -0.0625. The highest BCUT2D eigenvalue weighted by Crippen LogP contribution is 2.24. The lowest BCUT2D eigenvalue weighted by molar-refractivity contribution is -0.143. The summed E-state index contributed by atoms with van der Waals surface area (Å²) in [6.45, 7) is 5.38. The van der Waals surface area contributed by atoms with E-state index >= 15 is 0 Å². The Balaban J connectivity index is 1.86. The normalized spacial score (nSPS) is 29.5. The van der Waals surface area contributed by atoms with Crippen LogP contribution in [0.2, 0.25) is 0 Å². The first-order valence-electron chi connectivity index (χ1n) is 6.42. The molecule has 0 spiro atoms. The van der Waals surface area contributed by atoms with E-state index in [1.54, 1.807) is 4.90 Å². The fourth-order valence-electron chi connectivity index (χ4n) is 2.64. The maximum atomic E-state index is 12.1. The maximum Gasteiger partial charge on any atom is 0.308 e. The molecule has 0 radical (unpaired) electrons. The molecular weight excluding hydrogens is 236 g/mol. The molecule has 102 valence electrons. The highest BCUT2D eigenvalue weighted by atomic mass is 16.5. The van der Waals surface area contributed by atoms with Crippen LogP contribution in [0.5, 0.6) is 0 Å². The highest BCUT2D eigenvalue weighted by molar-refractivity contribution is 5.79. The third-order valence-corrected chi connectivity index (χ3v) is 3.90. The lowest BCUT2D eigenvalue weighted by Crippen LogP contribution is -2.47. The number of amides is 1. The van der Waals surface area contributed by atoms with Gasteiger partial charge in [0.1, 0.15) is 0 Å². The number of likely N-dealkylation sites (tertiary alicyclic amines) is 1. The number of hydrogen-bond acceptors (Lipinski definition) is 4. The number of aliphatic carboxylic acids is 1. The Morgan fingerprint density at radius 2 is 1.94 bits per heavy atom. The van der Waals surface area contributed by atoms with Gasteiger partial charge in [-0.15, -0.1) is 0 Å². The Labute approximate surface area is 106 Å². The summed E-state index contributed by atoms with van der Waals surface area (Å²) < 4.78 is 5.20. The van der Waals surface area contributed by atoms with Crippen LogP contribution in [-0.2, 0) is 14.3 Å². The SMILES string of the molecule is CC1C(C(=O)O)CCN1CC(=O)N1CCOCC1. The largest absolute Gasteiger partial charge is 0.481 e. The van der Waals surface area contributed by atoms with E-state index in [0.29, 0.717) is 45.8 Å². The molecule has 2 aliphatic heterocycles. The number of carbonyl (C=O) groups excluding carboxylic acids is 1. The summed E-state index contributed by atoms with van der Waals surface area (Å²) in [7, 11) is 0. The third-order valence-electron chi connectivity index (χ3n) is 3.90. The second-order valence-corrected chi connectivity index (χ2v) is 4.94. The molecule has 1 N–H and O–H groups in total. The zero-order valence-corrected chi connectivity index (χ0v) is 10.7. The molecule has 2 heterocycles. The Morgan fingerprint density at radius 3 is 2.50 bits per heavy atom. The van der Waals surface area contributed by atoms with Crippen molar-refractivity contribution in [2.45, 2.75) is 19.4 Å². The first-order chi connectivity index (χ1) is 8.59. The molecule has 0 aromatic heterocycles. The summed E-state index contributed by atoms with van der Waals surface area (Å²) >= 11 is 0. The molecule has 6 heteroatoms. The monoisotopic (exact) mass is 256 g/mol. The number of rotatable bonds is 3. The number of ether oxygens (including phenoxy) is 1. The lowest BCUT2D eigenvalue weighted by atomic mass is 10.0. The van der Waals surface area contributed by atoms with Gasteiger partial charge in [0.25, 0.3) is 0 Å². The summed E-state index contributed by atoms with van der Waals surface area (Å²) in [6.07, 6.45) is 0.632. The second-order valence-electron chi connectivity index (χ2n) is 4.94. The predicted octanol–water partition coefficient (Wildman–Crippen LogP) is -0.360. The Bertz CT molecular complexity index is 328. The van der Waals surface area contributed by atoms with E-state index in [1.807, 2.05) is 11.8 Å². The Morgan fingerprint density at radius 1 is 1.28 bits per heavy atom. The minimum atomic E-state index is -0.760. The molecule has 1 amide bonds. The lowest BCUT2D eigenvalue weighted by Gasteiger charge is -2.30. The number of carboxylic acids is 1. The van der Waals surface area contributed by atoms with E-state index in [2.05, 4.69) is 0 Å². The second kappa shape index (κ2) is 5.67. The Kier molecular flexibility index (Phi) is 4.19. The minimum Gasteiger partial charge on any atom is -0.481 e. The fourth-order valence-corrected chi connectivity index (χ4v) is 2.64. The van der Waals surface area contributed by atoms with Crippen LogP contribution in [0.1, 0.15) is 13.3 Å². The van der Waals surface area contributed by atoms with Gasteiger partial charge in [-0.2, -0.15) is 0 Å². The van der Waals surface area contributed by atoms with E-state index in [4.69, 9.17) is 9.84 Å². The van der Waals surface area contributed by atoms with Crippen LogP contribution in [-0.4, -0.2) is 72.2 Å². The molecule has 0 aromatic carbocycles. The summed E-state index contributed by atoms with van der Waals surface area (Å²) in [4.78, 5) is 26.8. The van der Waals surface area contributed by atoms with Crippen molar-refractivity contribution < 1.29 is 19.4 Å². The van der Waals surface area contributed by atoms with Gasteiger partial charge in [-0.1, -0.05) is 0 Å². The van der Waals surface area contributed by atoms with E-state index < -0.39 is 5.97 Å². The van der Waals surface area contributed by atoms with Crippen LogP contribution < -0.4 is 0 Å². The standard InChI is InChI=1S/C12H20N2O4/c1-9-10(12(16)17)2-3-14(9)8-11(15)13-4-6-18-7-5-13/h9-10H,2-8H2,1H3,(H,16,17). The number of nitrogens with zero attached hydrogens (tertiary/aromatic N) is 2. The molecule has 0 bridgehead atoms. The molecule has 2 aliphatic rings. The molecular formula is C12H20N2O4. The van der Waals surface area contributed by atoms with Gasteiger partial charge < -0.3 is 14.7 Å². The maximum absolute atomic E-state index is 12.1. The molecule has 2 saturated heterocycles. The average molecular weight is 256 g/mol. The molecule has 6 nitrogen and oxygen atoms in total. The quantitative estimate of drug-likeness (QED) is 0.747. The molecule has 2 rings (SSSR count). The highest BCUT2D eigenvalue weighted by Gasteiger charge is 2.36. The average Bonchev–Trinajstić information content (AvgIpc) is 2.72. The van der Waals surface area contributed by atoms with Crippen molar-refractivity contribution >= 4 is 11.9 Å². The van der Waals surface area contributed by atoms with Crippen molar-refractivity contribution in [1.29, 1.82) is 0 Å². The van der Waals surface area contributed by atoms with Gasteiger partial charge in [-0.25, -0.2) is 0 Å². The topological polar surface area (TPSA) is 70.1 Å². The van der Waals surface area contributed by atoms with Crippen LogP contribution in [0.3, 0.4) is 0 Å². The number of carbonyl (C=O) groups is 2. The molecule has 2 fully saturated rings. The van der Waals surface area contributed by atoms with E-state index in [1.165, 1.54) is 0 Å². The fraction of sp³-hybridized carbons (Fsp3) is 0.833. The molecule has 0 aromatic rings. The molecule has 2 unspecified atom stereocenters. The van der Waals surface area contributed by atoms with Crippen molar-refractivity contribution in [2.75, 3.05) is 39.4 Å². The summed E-state index contributed by atoms with van der Waals surface area (Å²) in [5.74, 6) is -1.03. The smallest absolute Gasteiger partial charge is 0.308 e. The van der Waals surface area contributed by atoms with Crippen LogP contribution in [0.25, 0.3) is 0 Å².